The van der Waals surface area contributed by atoms with Gasteiger partial charge in [-0.05, 0) is 41.6 Å². The van der Waals surface area contributed by atoms with Gasteiger partial charge < -0.3 is 10.2 Å². The number of benzene rings is 2. The maximum absolute atomic E-state index is 10.4. The highest BCUT2D eigenvalue weighted by Crippen LogP contribution is 2.21. The van der Waals surface area contributed by atoms with Crippen LogP contribution in [0.25, 0.3) is 10.8 Å². The Kier molecular flexibility index (Phi) is 4.53. The molecule has 3 heteroatoms. The monoisotopic (exact) mass is 256 g/mol. The summed E-state index contributed by atoms with van der Waals surface area (Å²) in [7, 11) is 2.12. The van der Waals surface area contributed by atoms with Crippen LogP contribution in [0.5, 0.6) is 0 Å². The predicted molar refractivity (Wildman–Crippen MR) is 78.9 cm³/mol. The van der Waals surface area contributed by atoms with Crippen LogP contribution in [0.15, 0.2) is 36.4 Å². The van der Waals surface area contributed by atoms with E-state index in [9.17, 15) is 4.79 Å². The van der Waals surface area contributed by atoms with Gasteiger partial charge in [-0.25, -0.2) is 0 Å². The highest BCUT2D eigenvalue weighted by molar-refractivity contribution is 5.86. The number of rotatable bonds is 6. The Balaban J connectivity index is 2.31. The number of nitrogens with zero attached hydrogens (tertiary/aromatic N) is 1. The summed E-state index contributed by atoms with van der Waals surface area (Å²) >= 11 is 0. The number of fused-ring (bicyclic) bond motifs is 1. The van der Waals surface area contributed by atoms with E-state index < -0.39 is 0 Å². The fraction of sp³-hybridized carbons (Fsp3) is 0.312. The molecule has 0 spiro atoms. The van der Waals surface area contributed by atoms with E-state index in [1.807, 2.05) is 6.07 Å². The van der Waals surface area contributed by atoms with Crippen LogP contribution >= 0.6 is 0 Å². The molecule has 2 rings (SSSR count). The third-order valence-electron chi connectivity index (χ3n) is 3.40. The van der Waals surface area contributed by atoms with Crippen LogP contribution in [0, 0.1) is 0 Å². The molecule has 0 aliphatic carbocycles. The van der Waals surface area contributed by atoms with Crippen molar-refractivity contribution in [1.82, 2.24) is 10.2 Å². The van der Waals surface area contributed by atoms with E-state index in [4.69, 9.17) is 0 Å². The quantitative estimate of drug-likeness (QED) is 0.806. The van der Waals surface area contributed by atoms with Crippen LogP contribution in [0.3, 0.4) is 0 Å². The van der Waals surface area contributed by atoms with Crippen LogP contribution in [0.1, 0.15) is 18.1 Å². The van der Waals surface area contributed by atoms with Gasteiger partial charge in [-0.1, -0.05) is 37.3 Å². The summed E-state index contributed by atoms with van der Waals surface area (Å²) in [6.07, 6.45) is 0.739. The largest absolute Gasteiger partial charge is 0.355 e. The second kappa shape index (κ2) is 6.34. The highest BCUT2D eigenvalue weighted by Gasteiger charge is 2.03. The maximum Gasteiger partial charge on any atom is 0.207 e. The molecule has 3 nitrogen and oxygen atoms in total. The van der Waals surface area contributed by atoms with Gasteiger partial charge in [-0.15, -0.1) is 0 Å². The van der Waals surface area contributed by atoms with E-state index in [1.54, 1.807) is 0 Å². The number of hydrogen-bond donors (Lipinski definition) is 1. The van der Waals surface area contributed by atoms with E-state index in [0.717, 1.165) is 25.1 Å². The van der Waals surface area contributed by atoms with Crippen molar-refractivity contribution >= 4 is 17.2 Å². The van der Waals surface area contributed by atoms with Crippen molar-refractivity contribution in [2.24, 2.45) is 0 Å². The summed E-state index contributed by atoms with van der Waals surface area (Å²) in [6.45, 7) is 4.74. The zero-order chi connectivity index (χ0) is 13.7. The molecule has 0 atom stereocenters. The SMILES string of the molecule is CCN(C)Cc1ccc2c(CNC=O)cccc2c1. The van der Waals surface area contributed by atoms with E-state index in [2.05, 4.69) is 54.5 Å². The number of hydrogen-bond acceptors (Lipinski definition) is 2. The van der Waals surface area contributed by atoms with E-state index in [1.165, 1.54) is 16.3 Å². The molecule has 2 aromatic rings. The number of carbonyl (C=O) groups excluding carboxylic acids is 1. The van der Waals surface area contributed by atoms with Gasteiger partial charge in [0.2, 0.25) is 6.41 Å². The molecule has 0 saturated heterocycles. The number of amides is 1. The number of nitrogens with one attached hydrogen (secondary N) is 1. The van der Waals surface area contributed by atoms with Crippen molar-refractivity contribution in [3.05, 3.63) is 47.5 Å². The molecule has 0 saturated carbocycles. The third kappa shape index (κ3) is 3.32. The van der Waals surface area contributed by atoms with Crippen LogP contribution in [0.2, 0.25) is 0 Å². The molecule has 1 N–H and O–H groups in total. The summed E-state index contributed by atoms with van der Waals surface area (Å²) in [5.41, 5.74) is 2.47. The maximum atomic E-state index is 10.4. The molecule has 0 aliphatic rings. The van der Waals surface area contributed by atoms with Gasteiger partial charge in [-0.3, -0.25) is 4.79 Å². The second-order valence-electron chi connectivity index (χ2n) is 4.80. The van der Waals surface area contributed by atoms with Crippen LogP contribution in [0.4, 0.5) is 0 Å². The zero-order valence-electron chi connectivity index (χ0n) is 11.5. The first-order chi connectivity index (χ1) is 9.24. The first-order valence-electron chi connectivity index (χ1n) is 6.60. The van der Waals surface area contributed by atoms with Crippen molar-refractivity contribution < 1.29 is 4.79 Å². The molecule has 0 aromatic heterocycles. The highest BCUT2D eigenvalue weighted by atomic mass is 16.1. The third-order valence-corrected chi connectivity index (χ3v) is 3.40. The Labute approximate surface area is 114 Å². The predicted octanol–water partition coefficient (Wildman–Crippen LogP) is 2.54. The minimum atomic E-state index is 0.578. The minimum Gasteiger partial charge on any atom is -0.355 e. The Morgan fingerprint density at radius 1 is 1.26 bits per heavy atom. The van der Waals surface area contributed by atoms with Crippen LogP contribution < -0.4 is 5.32 Å². The summed E-state index contributed by atoms with van der Waals surface area (Å²) in [5.74, 6) is 0. The molecule has 0 radical (unpaired) electrons. The van der Waals surface area contributed by atoms with Gasteiger partial charge in [-0.2, -0.15) is 0 Å². The number of carbonyl (C=O) groups is 1. The summed E-state index contributed by atoms with van der Waals surface area (Å²) in [5, 5.41) is 5.16. The van der Waals surface area contributed by atoms with Crippen LogP contribution in [-0.4, -0.2) is 24.9 Å². The van der Waals surface area contributed by atoms with Crippen molar-refractivity contribution in [2.75, 3.05) is 13.6 Å². The Bertz CT molecular complexity index is 566. The van der Waals surface area contributed by atoms with Crippen molar-refractivity contribution in [2.45, 2.75) is 20.0 Å². The summed E-state index contributed by atoms with van der Waals surface area (Å²) < 4.78 is 0. The van der Waals surface area contributed by atoms with Crippen LogP contribution in [-0.2, 0) is 17.9 Å². The lowest BCUT2D eigenvalue weighted by molar-refractivity contribution is -0.109. The molecular weight excluding hydrogens is 236 g/mol. The molecule has 1 amide bonds. The molecular formula is C16H20N2O. The fourth-order valence-corrected chi connectivity index (χ4v) is 2.23. The zero-order valence-corrected chi connectivity index (χ0v) is 11.5. The Morgan fingerprint density at radius 2 is 2.11 bits per heavy atom. The minimum absolute atomic E-state index is 0.578. The topological polar surface area (TPSA) is 32.3 Å². The molecule has 2 aromatic carbocycles. The standard InChI is InChI=1S/C16H20N2O/c1-3-18(2)11-13-7-8-16-14(9-13)5-4-6-15(16)10-17-12-19/h4-9,12H,3,10-11H2,1-2H3,(H,17,19). The second-order valence-corrected chi connectivity index (χ2v) is 4.80. The normalized spacial score (nSPS) is 10.9. The first kappa shape index (κ1) is 13.6. The van der Waals surface area contributed by atoms with E-state index >= 15 is 0 Å². The van der Waals surface area contributed by atoms with Gasteiger partial charge >= 0.3 is 0 Å². The average molecular weight is 256 g/mol. The molecule has 0 aliphatic heterocycles. The van der Waals surface area contributed by atoms with Crippen molar-refractivity contribution in [1.29, 1.82) is 0 Å². The molecule has 100 valence electrons. The van der Waals surface area contributed by atoms with Gasteiger partial charge in [0.15, 0.2) is 0 Å². The molecule has 0 heterocycles. The van der Waals surface area contributed by atoms with Gasteiger partial charge in [0.1, 0.15) is 0 Å². The lowest BCUT2D eigenvalue weighted by atomic mass is 10.0. The van der Waals surface area contributed by atoms with E-state index in [-0.39, 0.29) is 0 Å². The Morgan fingerprint density at radius 3 is 2.84 bits per heavy atom. The van der Waals surface area contributed by atoms with Crippen molar-refractivity contribution in [3.8, 4) is 0 Å². The fourth-order valence-electron chi connectivity index (χ4n) is 2.23. The summed E-state index contributed by atoms with van der Waals surface area (Å²) in [6, 6.07) is 12.8. The smallest absolute Gasteiger partial charge is 0.207 e. The summed E-state index contributed by atoms with van der Waals surface area (Å²) in [4.78, 5) is 12.7. The molecule has 19 heavy (non-hydrogen) atoms. The molecule has 0 unspecified atom stereocenters. The molecule has 0 bridgehead atoms. The van der Waals surface area contributed by atoms with E-state index in [0.29, 0.717) is 6.54 Å². The van der Waals surface area contributed by atoms with Gasteiger partial charge in [0.05, 0.1) is 0 Å². The molecule has 0 fully saturated rings. The van der Waals surface area contributed by atoms with Crippen molar-refractivity contribution in [3.63, 3.8) is 0 Å². The lowest BCUT2D eigenvalue weighted by Crippen LogP contribution is -2.16. The lowest BCUT2D eigenvalue weighted by Gasteiger charge is -2.14. The average Bonchev–Trinajstić information content (AvgIpc) is 2.44. The first-order valence-corrected chi connectivity index (χ1v) is 6.60. The van der Waals surface area contributed by atoms with Gasteiger partial charge in [0.25, 0.3) is 0 Å². The Hall–Kier alpha value is -1.87. The van der Waals surface area contributed by atoms with Gasteiger partial charge in [0, 0.05) is 13.1 Å².